The van der Waals surface area contributed by atoms with Gasteiger partial charge in [0.2, 0.25) is 0 Å². The number of likely N-dealkylation sites (tertiary alicyclic amines) is 1. The van der Waals surface area contributed by atoms with Crippen molar-refractivity contribution in [1.82, 2.24) is 10.2 Å². The molecule has 1 aliphatic rings. The Morgan fingerprint density at radius 1 is 1.57 bits per heavy atom. The Morgan fingerprint density at radius 2 is 2.21 bits per heavy atom. The molecule has 1 aliphatic heterocycles. The van der Waals surface area contributed by atoms with E-state index < -0.39 is 0 Å². The van der Waals surface area contributed by atoms with Gasteiger partial charge in [-0.25, -0.2) is 4.79 Å². The minimum atomic E-state index is -0.373. The van der Waals surface area contributed by atoms with Gasteiger partial charge in [0.15, 0.2) is 0 Å². The maximum atomic E-state index is 11.6. The zero-order valence-electron chi connectivity index (χ0n) is 9.16. The topological polar surface area (TPSA) is 52.6 Å². The molecule has 0 aromatic heterocycles. The zero-order valence-corrected chi connectivity index (χ0v) is 9.16. The van der Waals surface area contributed by atoms with Gasteiger partial charge in [0.25, 0.3) is 0 Å². The minimum Gasteiger partial charge on any atom is -0.391 e. The van der Waals surface area contributed by atoms with Crippen LogP contribution in [0.1, 0.15) is 27.2 Å². The summed E-state index contributed by atoms with van der Waals surface area (Å²) in [7, 11) is 0. The molecule has 4 nitrogen and oxygen atoms in total. The van der Waals surface area contributed by atoms with Crippen molar-refractivity contribution in [3.8, 4) is 0 Å². The van der Waals surface area contributed by atoms with Crippen LogP contribution >= 0.6 is 0 Å². The van der Waals surface area contributed by atoms with Crippen molar-refractivity contribution in [3.63, 3.8) is 0 Å². The van der Waals surface area contributed by atoms with Crippen molar-refractivity contribution in [3.05, 3.63) is 0 Å². The van der Waals surface area contributed by atoms with Crippen LogP contribution in [-0.2, 0) is 0 Å². The van der Waals surface area contributed by atoms with Gasteiger partial charge in [0.1, 0.15) is 0 Å². The third-order valence-corrected chi connectivity index (χ3v) is 2.62. The van der Waals surface area contributed by atoms with E-state index in [4.69, 9.17) is 0 Å². The van der Waals surface area contributed by atoms with Gasteiger partial charge in [-0.1, -0.05) is 6.92 Å². The molecule has 1 saturated heterocycles. The van der Waals surface area contributed by atoms with Gasteiger partial charge in [0.05, 0.1) is 6.10 Å². The lowest BCUT2D eigenvalue weighted by Gasteiger charge is -2.34. The average Bonchev–Trinajstić information content (AvgIpc) is 2.08. The van der Waals surface area contributed by atoms with Crippen LogP contribution in [0.15, 0.2) is 0 Å². The van der Waals surface area contributed by atoms with E-state index in [9.17, 15) is 9.90 Å². The number of carbonyl (C=O) groups is 1. The Kier molecular flexibility index (Phi) is 3.75. The molecule has 0 aromatic carbocycles. The highest BCUT2D eigenvalue weighted by Crippen LogP contribution is 2.16. The third kappa shape index (κ3) is 2.87. The number of amides is 2. The smallest absolute Gasteiger partial charge is 0.317 e. The molecule has 0 saturated carbocycles. The number of rotatable bonds is 1. The first-order valence-electron chi connectivity index (χ1n) is 5.24. The number of aliphatic hydroxyl groups is 1. The summed E-state index contributed by atoms with van der Waals surface area (Å²) in [6.07, 6.45) is 0.508. The second-order valence-electron chi connectivity index (χ2n) is 4.38. The highest BCUT2D eigenvalue weighted by molar-refractivity contribution is 5.74. The first-order chi connectivity index (χ1) is 6.50. The maximum absolute atomic E-state index is 11.6. The summed E-state index contributed by atoms with van der Waals surface area (Å²) in [6.45, 7) is 7.08. The number of hydrogen-bond donors (Lipinski definition) is 2. The Balaban J connectivity index is 2.42. The SMILES string of the molecule is CC(C)NC(=O)N1CCC(C)C(O)C1. The molecule has 0 spiro atoms. The van der Waals surface area contributed by atoms with E-state index >= 15 is 0 Å². The Bertz CT molecular complexity index is 206. The largest absolute Gasteiger partial charge is 0.391 e. The van der Waals surface area contributed by atoms with Crippen LogP contribution in [-0.4, -0.2) is 41.3 Å². The van der Waals surface area contributed by atoms with Gasteiger partial charge in [-0.2, -0.15) is 0 Å². The molecule has 0 radical (unpaired) electrons. The van der Waals surface area contributed by atoms with Crippen LogP contribution in [0.2, 0.25) is 0 Å². The van der Waals surface area contributed by atoms with Gasteiger partial charge in [0, 0.05) is 19.1 Å². The van der Waals surface area contributed by atoms with E-state index in [1.165, 1.54) is 0 Å². The van der Waals surface area contributed by atoms with Gasteiger partial charge in [-0.05, 0) is 26.2 Å². The highest BCUT2D eigenvalue weighted by atomic mass is 16.3. The van der Waals surface area contributed by atoms with Crippen molar-refractivity contribution in [2.45, 2.75) is 39.3 Å². The lowest BCUT2D eigenvalue weighted by molar-refractivity contribution is 0.0432. The van der Waals surface area contributed by atoms with Crippen LogP contribution in [0.4, 0.5) is 4.79 Å². The minimum absolute atomic E-state index is 0.0639. The summed E-state index contributed by atoms with van der Waals surface area (Å²) < 4.78 is 0. The number of piperidine rings is 1. The molecule has 82 valence electrons. The summed E-state index contributed by atoms with van der Waals surface area (Å²) in [4.78, 5) is 13.2. The fraction of sp³-hybridized carbons (Fsp3) is 0.900. The highest BCUT2D eigenvalue weighted by Gasteiger charge is 2.27. The molecule has 0 bridgehead atoms. The van der Waals surface area contributed by atoms with Crippen molar-refractivity contribution in [2.75, 3.05) is 13.1 Å². The van der Waals surface area contributed by atoms with Gasteiger partial charge < -0.3 is 15.3 Å². The van der Waals surface area contributed by atoms with Crippen molar-refractivity contribution in [1.29, 1.82) is 0 Å². The molecule has 4 heteroatoms. The molecule has 14 heavy (non-hydrogen) atoms. The number of aliphatic hydroxyl groups excluding tert-OH is 1. The van der Waals surface area contributed by atoms with E-state index in [2.05, 4.69) is 5.32 Å². The molecule has 1 heterocycles. The van der Waals surface area contributed by atoms with E-state index in [1.54, 1.807) is 4.90 Å². The number of β-amino-alcohol motifs (C(OH)–C–C–N with tert-alkyl or cyclic N) is 1. The van der Waals surface area contributed by atoms with E-state index in [-0.39, 0.29) is 18.2 Å². The Hall–Kier alpha value is -0.770. The Labute approximate surface area is 85.3 Å². The summed E-state index contributed by atoms with van der Waals surface area (Å²) in [5.41, 5.74) is 0. The quantitative estimate of drug-likeness (QED) is 0.658. The predicted molar refractivity (Wildman–Crippen MR) is 55.0 cm³/mol. The summed E-state index contributed by atoms with van der Waals surface area (Å²) in [5, 5.41) is 12.4. The number of nitrogens with zero attached hydrogens (tertiary/aromatic N) is 1. The second kappa shape index (κ2) is 4.64. The molecule has 2 N–H and O–H groups in total. The monoisotopic (exact) mass is 200 g/mol. The van der Waals surface area contributed by atoms with Crippen LogP contribution in [0.5, 0.6) is 0 Å². The van der Waals surface area contributed by atoms with Crippen LogP contribution in [0, 0.1) is 5.92 Å². The molecular weight excluding hydrogens is 180 g/mol. The van der Waals surface area contributed by atoms with E-state index in [0.717, 1.165) is 13.0 Å². The molecule has 1 rings (SSSR count). The van der Waals surface area contributed by atoms with Crippen LogP contribution in [0.3, 0.4) is 0 Å². The van der Waals surface area contributed by atoms with E-state index in [0.29, 0.717) is 12.5 Å². The summed E-state index contributed by atoms with van der Waals surface area (Å²) in [6, 6.07) is 0.0879. The van der Waals surface area contributed by atoms with Gasteiger partial charge >= 0.3 is 6.03 Å². The first kappa shape index (κ1) is 11.3. The third-order valence-electron chi connectivity index (χ3n) is 2.62. The summed E-state index contributed by atoms with van der Waals surface area (Å²) >= 11 is 0. The van der Waals surface area contributed by atoms with Crippen LogP contribution < -0.4 is 5.32 Å². The normalized spacial score (nSPS) is 27.9. The number of carbonyl (C=O) groups excluding carboxylic acids is 1. The molecular formula is C10H20N2O2. The molecule has 0 aliphatic carbocycles. The predicted octanol–water partition coefficient (Wildman–Crippen LogP) is 0.807. The fourth-order valence-electron chi connectivity index (χ4n) is 1.57. The van der Waals surface area contributed by atoms with Crippen molar-refractivity contribution in [2.24, 2.45) is 5.92 Å². The number of nitrogens with one attached hydrogen (secondary N) is 1. The van der Waals surface area contributed by atoms with Crippen molar-refractivity contribution >= 4 is 6.03 Å². The van der Waals surface area contributed by atoms with Gasteiger partial charge in [-0.3, -0.25) is 0 Å². The second-order valence-corrected chi connectivity index (χ2v) is 4.38. The van der Waals surface area contributed by atoms with Crippen molar-refractivity contribution < 1.29 is 9.90 Å². The number of hydrogen-bond acceptors (Lipinski definition) is 2. The van der Waals surface area contributed by atoms with Crippen LogP contribution in [0.25, 0.3) is 0 Å². The molecule has 2 amide bonds. The molecule has 1 fully saturated rings. The molecule has 0 aromatic rings. The fourth-order valence-corrected chi connectivity index (χ4v) is 1.57. The average molecular weight is 200 g/mol. The molecule has 2 unspecified atom stereocenters. The number of urea groups is 1. The standard InChI is InChI=1S/C10H20N2O2/c1-7(2)11-10(14)12-5-4-8(3)9(13)6-12/h7-9,13H,4-6H2,1-3H3,(H,11,14). The van der Waals surface area contributed by atoms with Gasteiger partial charge in [-0.15, -0.1) is 0 Å². The molecule has 2 atom stereocenters. The first-order valence-corrected chi connectivity index (χ1v) is 5.24. The zero-order chi connectivity index (χ0) is 10.7. The lowest BCUT2D eigenvalue weighted by Crippen LogP contribution is -2.50. The van der Waals surface area contributed by atoms with E-state index in [1.807, 2.05) is 20.8 Å². The lowest BCUT2D eigenvalue weighted by atomic mass is 9.96. The Morgan fingerprint density at radius 3 is 2.71 bits per heavy atom. The maximum Gasteiger partial charge on any atom is 0.317 e. The summed E-state index contributed by atoms with van der Waals surface area (Å²) in [5.74, 6) is 0.304.